The van der Waals surface area contributed by atoms with Crippen LogP contribution >= 0.6 is 0 Å². The van der Waals surface area contributed by atoms with Crippen LogP contribution in [-0.4, -0.2) is 50.0 Å². The van der Waals surface area contributed by atoms with Crippen molar-refractivity contribution in [2.45, 2.75) is 6.30 Å². The number of nitrogens with one attached hydrogen (secondary N) is 1. The van der Waals surface area contributed by atoms with E-state index in [0.717, 1.165) is 0 Å². The second kappa shape index (κ2) is 6.47. The molecule has 98 valence electrons. The molecule has 1 aliphatic heterocycles. The van der Waals surface area contributed by atoms with Gasteiger partial charge in [0.1, 0.15) is 0 Å². The third-order valence-electron chi connectivity index (χ3n) is 2.85. The number of carbonyl (C=O) groups is 1. The molecule has 0 spiro atoms. The molecule has 1 atom stereocenters. The van der Waals surface area contributed by atoms with Gasteiger partial charge in [-0.2, -0.15) is 0 Å². The van der Waals surface area contributed by atoms with Gasteiger partial charge < -0.3 is 10.1 Å². The molecule has 0 bridgehead atoms. The van der Waals surface area contributed by atoms with Crippen molar-refractivity contribution in [3.8, 4) is 0 Å². The molecule has 1 aliphatic rings. The van der Waals surface area contributed by atoms with E-state index in [4.69, 9.17) is 4.74 Å². The van der Waals surface area contributed by atoms with E-state index >= 15 is 0 Å². The van der Waals surface area contributed by atoms with E-state index in [9.17, 15) is 9.18 Å². The highest BCUT2D eigenvalue weighted by molar-refractivity contribution is 5.94. The van der Waals surface area contributed by atoms with Gasteiger partial charge in [0.2, 0.25) is 0 Å². The van der Waals surface area contributed by atoms with Gasteiger partial charge in [-0.25, -0.2) is 4.39 Å². The summed E-state index contributed by atoms with van der Waals surface area (Å²) in [6.45, 7) is 2.88. The van der Waals surface area contributed by atoms with Crippen LogP contribution in [0.3, 0.4) is 0 Å². The Morgan fingerprint density at radius 3 is 2.67 bits per heavy atom. The largest absolute Gasteiger partial charge is 0.379 e. The summed E-state index contributed by atoms with van der Waals surface area (Å²) in [7, 11) is 0. The molecule has 1 fully saturated rings. The fraction of sp³-hybridized carbons (Fsp3) is 0.462. The highest BCUT2D eigenvalue weighted by Crippen LogP contribution is 2.02. The van der Waals surface area contributed by atoms with Crippen LogP contribution in [0.2, 0.25) is 0 Å². The summed E-state index contributed by atoms with van der Waals surface area (Å²) in [5.74, 6) is -0.378. The molecular formula is C13H17FN2O2. The van der Waals surface area contributed by atoms with E-state index in [1.807, 2.05) is 11.0 Å². The van der Waals surface area contributed by atoms with Crippen molar-refractivity contribution in [3.63, 3.8) is 0 Å². The number of halogens is 1. The molecule has 1 aromatic rings. The lowest BCUT2D eigenvalue weighted by Crippen LogP contribution is -2.45. The first-order valence-corrected chi connectivity index (χ1v) is 6.06. The van der Waals surface area contributed by atoms with Crippen molar-refractivity contribution in [3.05, 3.63) is 35.9 Å². The number of hydrogen-bond acceptors (Lipinski definition) is 3. The SMILES string of the molecule is O=C(NC(F)CN1CCOCC1)c1ccccc1. The van der Waals surface area contributed by atoms with Crippen LogP contribution in [0.5, 0.6) is 0 Å². The number of rotatable bonds is 4. The molecule has 1 aromatic carbocycles. The monoisotopic (exact) mass is 252 g/mol. The zero-order chi connectivity index (χ0) is 12.8. The number of carbonyl (C=O) groups excluding carboxylic acids is 1. The molecular weight excluding hydrogens is 235 g/mol. The number of nitrogens with zero attached hydrogens (tertiary/aromatic N) is 1. The second-order valence-corrected chi connectivity index (χ2v) is 4.22. The minimum Gasteiger partial charge on any atom is -0.379 e. The standard InChI is InChI=1S/C13H17FN2O2/c14-12(10-16-6-8-18-9-7-16)15-13(17)11-4-2-1-3-5-11/h1-5,12H,6-10H2,(H,15,17). The van der Waals surface area contributed by atoms with E-state index in [2.05, 4.69) is 5.32 Å². The van der Waals surface area contributed by atoms with Gasteiger partial charge in [0, 0.05) is 25.2 Å². The minimum absolute atomic E-state index is 0.210. The Kier molecular flexibility index (Phi) is 4.66. The maximum atomic E-state index is 13.7. The zero-order valence-corrected chi connectivity index (χ0v) is 10.1. The van der Waals surface area contributed by atoms with Crippen LogP contribution in [0.25, 0.3) is 0 Å². The average molecular weight is 252 g/mol. The van der Waals surface area contributed by atoms with Gasteiger partial charge in [-0.1, -0.05) is 18.2 Å². The third-order valence-corrected chi connectivity index (χ3v) is 2.85. The first kappa shape index (κ1) is 13.0. The van der Waals surface area contributed by atoms with Crippen LogP contribution in [0.15, 0.2) is 30.3 Å². The van der Waals surface area contributed by atoms with Crippen LogP contribution in [0.4, 0.5) is 4.39 Å². The van der Waals surface area contributed by atoms with E-state index in [1.54, 1.807) is 24.3 Å². The molecule has 1 N–H and O–H groups in total. The lowest BCUT2D eigenvalue weighted by atomic mass is 10.2. The third kappa shape index (κ3) is 3.78. The van der Waals surface area contributed by atoms with E-state index in [-0.39, 0.29) is 12.5 Å². The second-order valence-electron chi connectivity index (χ2n) is 4.22. The Morgan fingerprint density at radius 2 is 2.00 bits per heavy atom. The molecule has 18 heavy (non-hydrogen) atoms. The maximum absolute atomic E-state index is 13.7. The molecule has 2 rings (SSSR count). The highest BCUT2D eigenvalue weighted by atomic mass is 19.1. The maximum Gasteiger partial charge on any atom is 0.253 e. The van der Waals surface area contributed by atoms with Gasteiger partial charge in [0.25, 0.3) is 5.91 Å². The van der Waals surface area contributed by atoms with Crippen molar-refractivity contribution >= 4 is 5.91 Å². The number of hydrogen-bond donors (Lipinski definition) is 1. The molecule has 5 heteroatoms. The normalized spacial score (nSPS) is 18.3. The number of morpholine rings is 1. The summed E-state index contributed by atoms with van der Waals surface area (Å²) >= 11 is 0. The van der Waals surface area contributed by atoms with Crippen molar-refractivity contribution in [2.24, 2.45) is 0 Å². The number of alkyl halides is 1. The lowest BCUT2D eigenvalue weighted by Gasteiger charge is -2.27. The average Bonchev–Trinajstić information content (AvgIpc) is 2.40. The first-order valence-electron chi connectivity index (χ1n) is 6.06. The Labute approximate surface area is 106 Å². The van der Waals surface area contributed by atoms with Crippen LogP contribution in [0, 0.1) is 0 Å². The van der Waals surface area contributed by atoms with Crippen molar-refractivity contribution in [1.29, 1.82) is 0 Å². The van der Waals surface area contributed by atoms with Gasteiger partial charge in [-0.3, -0.25) is 9.69 Å². The molecule has 1 saturated heterocycles. The Balaban J connectivity index is 1.80. The smallest absolute Gasteiger partial charge is 0.253 e. The molecule has 0 aromatic heterocycles. The number of amides is 1. The lowest BCUT2D eigenvalue weighted by molar-refractivity contribution is 0.0235. The molecule has 1 heterocycles. The topological polar surface area (TPSA) is 41.6 Å². The minimum atomic E-state index is -1.35. The van der Waals surface area contributed by atoms with Crippen molar-refractivity contribution < 1.29 is 13.9 Å². The van der Waals surface area contributed by atoms with Gasteiger partial charge in [-0.15, -0.1) is 0 Å². The summed E-state index contributed by atoms with van der Waals surface area (Å²) in [6, 6.07) is 8.65. The summed E-state index contributed by atoms with van der Waals surface area (Å²) in [5, 5.41) is 2.36. The predicted molar refractivity (Wildman–Crippen MR) is 66.1 cm³/mol. The van der Waals surface area contributed by atoms with Crippen molar-refractivity contribution in [1.82, 2.24) is 10.2 Å². The van der Waals surface area contributed by atoms with Crippen molar-refractivity contribution in [2.75, 3.05) is 32.8 Å². The number of benzene rings is 1. The first-order chi connectivity index (χ1) is 8.75. The van der Waals surface area contributed by atoms with Crippen LogP contribution in [-0.2, 0) is 4.74 Å². The van der Waals surface area contributed by atoms with Crippen LogP contribution in [0.1, 0.15) is 10.4 Å². The molecule has 0 aliphatic carbocycles. The Bertz CT molecular complexity index is 380. The summed E-state index contributed by atoms with van der Waals surface area (Å²) < 4.78 is 18.9. The molecule has 0 saturated carbocycles. The fourth-order valence-electron chi connectivity index (χ4n) is 1.87. The van der Waals surface area contributed by atoms with E-state index in [0.29, 0.717) is 31.9 Å². The molecule has 4 nitrogen and oxygen atoms in total. The van der Waals surface area contributed by atoms with Gasteiger partial charge in [0.05, 0.1) is 13.2 Å². The predicted octanol–water partition coefficient (Wildman–Crippen LogP) is 1.04. The number of ether oxygens (including phenoxy) is 1. The zero-order valence-electron chi connectivity index (χ0n) is 10.1. The summed E-state index contributed by atoms with van der Waals surface area (Å²) in [6.07, 6.45) is -1.35. The van der Waals surface area contributed by atoms with E-state index in [1.165, 1.54) is 0 Å². The fourth-order valence-corrected chi connectivity index (χ4v) is 1.87. The molecule has 1 unspecified atom stereocenters. The van der Waals surface area contributed by atoms with Gasteiger partial charge in [-0.05, 0) is 12.1 Å². The molecule has 0 radical (unpaired) electrons. The van der Waals surface area contributed by atoms with E-state index < -0.39 is 6.30 Å². The quantitative estimate of drug-likeness (QED) is 0.814. The molecule has 1 amide bonds. The summed E-state index contributed by atoms with van der Waals surface area (Å²) in [5.41, 5.74) is 0.474. The van der Waals surface area contributed by atoms with Gasteiger partial charge in [0.15, 0.2) is 6.30 Å². The Morgan fingerprint density at radius 1 is 1.33 bits per heavy atom. The summed E-state index contributed by atoms with van der Waals surface area (Å²) in [4.78, 5) is 13.6. The Hall–Kier alpha value is -1.46. The highest BCUT2D eigenvalue weighted by Gasteiger charge is 2.18. The van der Waals surface area contributed by atoms with Crippen LogP contribution < -0.4 is 5.32 Å². The van der Waals surface area contributed by atoms with Gasteiger partial charge >= 0.3 is 0 Å².